The van der Waals surface area contributed by atoms with Gasteiger partial charge in [0.25, 0.3) is 0 Å². The maximum absolute atomic E-state index is 5.42. The summed E-state index contributed by atoms with van der Waals surface area (Å²) in [5, 5.41) is 0. The molecule has 1 aliphatic rings. The molecule has 0 radical (unpaired) electrons. The van der Waals surface area contributed by atoms with Gasteiger partial charge in [0.2, 0.25) is 0 Å². The smallest absolute Gasteiger partial charge is 0.122 e. The van der Waals surface area contributed by atoms with Crippen molar-refractivity contribution in [2.75, 3.05) is 6.61 Å². The zero-order valence-electron chi connectivity index (χ0n) is 5.84. The second-order valence-electron chi connectivity index (χ2n) is 2.56. The van der Waals surface area contributed by atoms with E-state index in [1.165, 1.54) is 12.0 Å². The fourth-order valence-electron chi connectivity index (χ4n) is 1.30. The van der Waals surface area contributed by atoms with Gasteiger partial charge in [-0.25, -0.2) is 0 Å². The van der Waals surface area contributed by atoms with Crippen LogP contribution < -0.4 is 4.74 Å². The average Bonchev–Trinajstić information content (AvgIpc) is 2.05. The fourth-order valence-corrected chi connectivity index (χ4v) is 1.30. The Bertz CT molecular complexity index is 210. The van der Waals surface area contributed by atoms with Crippen LogP contribution in [0.25, 0.3) is 0 Å². The topological polar surface area (TPSA) is 9.23 Å². The maximum Gasteiger partial charge on any atom is 0.122 e. The van der Waals surface area contributed by atoms with Crippen molar-refractivity contribution in [2.45, 2.75) is 12.8 Å². The predicted molar refractivity (Wildman–Crippen MR) is 47.4 cm³/mol. The number of ether oxygens (including phenoxy) is 1. The molecule has 0 spiro atoms. The summed E-state index contributed by atoms with van der Waals surface area (Å²) in [6, 6.07) is 8.25. The van der Waals surface area contributed by atoms with Gasteiger partial charge in [-0.2, -0.15) is 0 Å². The summed E-state index contributed by atoms with van der Waals surface area (Å²) in [5.74, 6) is 1.08. The first-order valence-electron chi connectivity index (χ1n) is 3.67. The molecule has 1 aromatic rings. The summed E-state index contributed by atoms with van der Waals surface area (Å²) in [7, 11) is 0. The fraction of sp³-hybridized carbons (Fsp3) is 0.333. The third-order valence-electron chi connectivity index (χ3n) is 1.82. The number of hydrogen-bond donors (Lipinski definition) is 0. The van der Waals surface area contributed by atoms with Crippen LogP contribution in [0.5, 0.6) is 5.75 Å². The van der Waals surface area contributed by atoms with E-state index in [1.54, 1.807) is 0 Å². The molecule has 1 nitrogen and oxygen atoms in total. The molecule has 0 aromatic heterocycles. The van der Waals surface area contributed by atoms with E-state index < -0.39 is 0 Å². The van der Waals surface area contributed by atoms with Gasteiger partial charge in [0.15, 0.2) is 0 Å². The van der Waals surface area contributed by atoms with Crippen molar-refractivity contribution in [1.82, 2.24) is 0 Å². The van der Waals surface area contributed by atoms with E-state index in [2.05, 4.69) is 12.1 Å². The van der Waals surface area contributed by atoms with Gasteiger partial charge in [-0.1, -0.05) is 18.2 Å². The molecule has 1 aromatic carbocycles. The van der Waals surface area contributed by atoms with Gasteiger partial charge in [0, 0.05) is 0 Å². The van der Waals surface area contributed by atoms with Crippen molar-refractivity contribution < 1.29 is 4.74 Å². The minimum atomic E-state index is 0. The molecular weight excluding hydrogens is 147 g/mol. The summed E-state index contributed by atoms with van der Waals surface area (Å²) in [6.07, 6.45) is 2.34. The molecule has 0 N–H and O–H groups in total. The van der Waals surface area contributed by atoms with Crippen LogP contribution >= 0.6 is 0 Å². The molecule has 1 heterocycles. The molecule has 0 bridgehead atoms. The van der Waals surface area contributed by atoms with Crippen molar-refractivity contribution in [2.24, 2.45) is 0 Å². The van der Waals surface area contributed by atoms with Gasteiger partial charge in [0.1, 0.15) is 5.75 Å². The van der Waals surface area contributed by atoms with Crippen LogP contribution in [0, 0.1) is 0 Å². The van der Waals surface area contributed by atoms with Gasteiger partial charge in [-0.05, 0) is 24.5 Å². The molecule has 11 heavy (non-hydrogen) atoms. The maximum atomic E-state index is 5.42. The summed E-state index contributed by atoms with van der Waals surface area (Å²) in [5.41, 5.74) is 1.36. The Morgan fingerprint density at radius 1 is 1.18 bits per heavy atom. The molecular formula is C9H11NaO. The van der Waals surface area contributed by atoms with E-state index in [0.29, 0.717) is 0 Å². The molecule has 0 fully saturated rings. The van der Waals surface area contributed by atoms with E-state index >= 15 is 0 Å². The minimum absolute atomic E-state index is 0. The van der Waals surface area contributed by atoms with Gasteiger partial charge in [0.05, 0.1) is 6.61 Å². The van der Waals surface area contributed by atoms with E-state index in [4.69, 9.17) is 4.74 Å². The van der Waals surface area contributed by atoms with Crippen LogP contribution in [-0.4, -0.2) is 36.2 Å². The SMILES string of the molecule is [NaH].c1ccc2c(c1)CCCO2. The van der Waals surface area contributed by atoms with Gasteiger partial charge < -0.3 is 4.74 Å². The van der Waals surface area contributed by atoms with E-state index in [-0.39, 0.29) is 29.6 Å². The van der Waals surface area contributed by atoms with Crippen molar-refractivity contribution in [3.05, 3.63) is 29.8 Å². The predicted octanol–water partition coefficient (Wildman–Crippen LogP) is 1.36. The number of para-hydroxylation sites is 1. The van der Waals surface area contributed by atoms with Gasteiger partial charge in [-0.3, -0.25) is 0 Å². The van der Waals surface area contributed by atoms with E-state index in [0.717, 1.165) is 18.8 Å². The van der Waals surface area contributed by atoms with E-state index in [1.807, 2.05) is 12.1 Å². The van der Waals surface area contributed by atoms with Crippen LogP contribution in [0.2, 0.25) is 0 Å². The van der Waals surface area contributed by atoms with Crippen LogP contribution in [0.1, 0.15) is 12.0 Å². The Morgan fingerprint density at radius 3 is 2.82 bits per heavy atom. The zero-order chi connectivity index (χ0) is 6.81. The molecule has 54 valence electrons. The number of benzene rings is 1. The molecule has 2 heteroatoms. The first kappa shape index (κ1) is 9.11. The Balaban J connectivity index is 0.000000605. The quantitative estimate of drug-likeness (QED) is 0.518. The van der Waals surface area contributed by atoms with Crippen LogP contribution in [-0.2, 0) is 6.42 Å². The first-order valence-corrected chi connectivity index (χ1v) is 3.67. The summed E-state index contributed by atoms with van der Waals surface area (Å²) < 4.78 is 5.42. The monoisotopic (exact) mass is 158 g/mol. The van der Waals surface area contributed by atoms with Crippen molar-refractivity contribution >= 4 is 29.6 Å². The largest absolute Gasteiger partial charge is 0.493 e. The summed E-state index contributed by atoms with van der Waals surface area (Å²) in [4.78, 5) is 0. The standard InChI is InChI=1S/C9H10O.Na.H/c1-2-6-9-8(4-1)5-3-7-10-9;;/h1-2,4,6H,3,5,7H2;;. The average molecular weight is 158 g/mol. The molecule has 2 rings (SSSR count). The third kappa shape index (κ3) is 1.98. The number of fused-ring (bicyclic) bond motifs is 1. The van der Waals surface area contributed by atoms with Crippen molar-refractivity contribution in [3.63, 3.8) is 0 Å². The van der Waals surface area contributed by atoms with E-state index in [9.17, 15) is 0 Å². The van der Waals surface area contributed by atoms with Gasteiger partial charge >= 0.3 is 29.6 Å². The molecule has 0 saturated heterocycles. The van der Waals surface area contributed by atoms with Crippen LogP contribution in [0.4, 0.5) is 0 Å². The normalized spacial score (nSPS) is 14.2. The molecule has 0 aliphatic carbocycles. The second kappa shape index (κ2) is 4.15. The van der Waals surface area contributed by atoms with Crippen molar-refractivity contribution in [3.8, 4) is 5.75 Å². The van der Waals surface area contributed by atoms with Crippen LogP contribution in [0.3, 0.4) is 0 Å². The molecule has 0 saturated carbocycles. The summed E-state index contributed by atoms with van der Waals surface area (Å²) in [6.45, 7) is 0.886. The Labute approximate surface area is 89.0 Å². The molecule has 0 unspecified atom stereocenters. The Morgan fingerprint density at radius 2 is 2.00 bits per heavy atom. The second-order valence-corrected chi connectivity index (χ2v) is 2.56. The van der Waals surface area contributed by atoms with Crippen LogP contribution in [0.15, 0.2) is 24.3 Å². The number of hydrogen-bond acceptors (Lipinski definition) is 1. The zero-order valence-corrected chi connectivity index (χ0v) is 5.84. The number of aryl methyl sites for hydroxylation is 1. The van der Waals surface area contributed by atoms with Gasteiger partial charge in [-0.15, -0.1) is 0 Å². The minimum Gasteiger partial charge on any atom is -0.493 e. The number of rotatable bonds is 0. The molecule has 0 atom stereocenters. The molecule has 0 amide bonds. The first-order chi connectivity index (χ1) is 4.97. The van der Waals surface area contributed by atoms with Crippen molar-refractivity contribution in [1.29, 1.82) is 0 Å². The summed E-state index contributed by atoms with van der Waals surface area (Å²) >= 11 is 0. The Kier molecular flexibility index (Phi) is 3.44. The third-order valence-corrected chi connectivity index (χ3v) is 1.82. The Hall–Kier alpha value is 0.0200. The molecule has 1 aliphatic heterocycles.